The van der Waals surface area contributed by atoms with Crippen LogP contribution in [0, 0.1) is 0 Å². The van der Waals surface area contributed by atoms with Crippen molar-refractivity contribution in [2.45, 2.75) is 37.6 Å². The van der Waals surface area contributed by atoms with Gasteiger partial charge in [0, 0.05) is 6.42 Å². The van der Waals surface area contributed by atoms with E-state index >= 15 is 0 Å². The molecule has 0 spiro atoms. The van der Waals surface area contributed by atoms with Gasteiger partial charge >= 0.3 is 0 Å². The van der Waals surface area contributed by atoms with Crippen LogP contribution >= 0.6 is 11.6 Å². The van der Waals surface area contributed by atoms with Gasteiger partial charge in [-0.3, -0.25) is 4.57 Å². The van der Waals surface area contributed by atoms with Crippen LogP contribution in [0.15, 0.2) is 43.0 Å². The number of imidazole rings is 1. The summed E-state index contributed by atoms with van der Waals surface area (Å²) in [6, 6.07) is 10.1. The fourth-order valence-corrected chi connectivity index (χ4v) is 3.79. The Morgan fingerprint density at radius 3 is 2.88 bits per heavy atom. The Kier molecular flexibility index (Phi) is 4.09. The molecule has 134 valence electrons. The van der Waals surface area contributed by atoms with E-state index in [1.54, 1.807) is 6.33 Å². The maximum absolute atomic E-state index is 6.24. The van der Waals surface area contributed by atoms with Crippen molar-refractivity contribution in [2.75, 3.05) is 6.61 Å². The summed E-state index contributed by atoms with van der Waals surface area (Å²) in [6.45, 7) is 1.08. The van der Waals surface area contributed by atoms with E-state index in [1.165, 1.54) is 6.33 Å². The van der Waals surface area contributed by atoms with E-state index in [9.17, 15) is 0 Å². The summed E-state index contributed by atoms with van der Waals surface area (Å²) < 4.78 is 20.1. The van der Waals surface area contributed by atoms with Crippen LogP contribution in [-0.2, 0) is 20.8 Å². The summed E-state index contributed by atoms with van der Waals surface area (Å²) in [4.78, 5) is 12.6. The predicted molar refractivity (Wildman–Crippen MR) is 93.6 cm³/mol. The number of aromatic nitrogens is 4. The molecule has 3 aromatic rings. The molecule has 5 rings (SSSR count). The SMILES string of the molecule is Clc1ncnc2c1ncn2C1CC2OCC(O1)C2OCc1ccccc1. The number of ether oxygens (including phenoxy) is 3. The fourth-order valence-electron chi connectivity index (χ4n) is 3.62. The molecule has 2 aromatic heterocycles. The number of hydrogen-bond acceptors (Lipinski definition) is 6. The summed E-state index contributed by atoms with van der Waals surface area (Å²) in [5.74, 6) is 0. The molecule has 0 aliphatic carbocycles. The topological polar surface area (TPSA) is 71.3 Å². The summed E-state index contributed by atoms with van der Waals surface area (Å²) >= 11 is 6.09. The predicted octanol–water partition coefficient (Wildman–Crippen LogP) is 2.75. The standard InChI is InChI=1S/C18H17ClN4O3/c19-17-15-18(21-9-20-17)23(10-22-15)14-6-12-16(13(26-14)8-24-12)25-7-11-4-2-1-3-5-11/h1-5,9-10,12-14,16H,6-8H2. The summed E-state index contributed by atoms with van der Waals surface area (Å²) in [5.41, 5.74) is 2.38. The van der Waals surface area contributed by atoms with Gasteiger partial charge in [0.15, 0.2) is 10.8 Å². The van der Waals surface area contributed by atoms with Gasteiger partial charge in [-0.1, -0.05) is 41.9 Å². The zero-order valence-corrected chi connectivity index (χ0v) is 14.6. The molecule has 0 amide bonds. The monoisotopic (exact) mass is 372 g/mol. The third-order valence-electron chi connectivity index (χ3n) is 4.88. The first-order chi connectivity index (χ1) is 12.8. The van der Waals surface area contributed by atoms with Crippen LogP contribution in [0.5, 0.6) is 0 Å². The number of halogens is 1. The van der Waals surface area contributed by atoms with Crippen molar-refractivity contribution in [3.05, 3.63) is 53.7 Å². The molecule has 2 bridgehead atoms. The Labute approximate surface area is 154 Å². The molecule has 4 heterocycles. The average Bonchev–Trinajstić information content (AvgIpc) is 3.20. The zero-order chi connectivity index (χ0) is 17.5. The van der Waals surface area contributed by atoms with E-state index in [0.29, 0.717) is 36.0 Å². The second-order valence-corrected chi connectivity index (χ2v) is 6.84. The normalized spacial score (nSPS) is 27.9. The van der Waals surface area contributed by atoms with Gasteiger partial charge in [0.1, 0.15) is 30.3 Å². The van der Waals surface area contributed by atoms with Gasteiger partial charge in [-0.15, -0.1) is 0 Å². The molecule has 4 atom stereocenters. The molecule has 2 saturated heterocycles. The van der Waals surface area contributed by atoms with Crippen LogP contribution in [0.3, 0.4) is 0 Å². The van der Waals surface area contributed by atoms with E-state index in [-0.39, 0.29) is 24.5 Å². The Hall–Kier alpha value is -2.06. The third-order valence-corrected chi connectivity index (χ3v) is 5.16. The van der Waals surface area contributed by atoms with Gasteiger partial charge < -0.3 is 14.2 Å². The Balaban J connectivity index is 1.33. The minimum absolute atomic E-state index is 0.0165. The largest absolute Gasteiger partial charge is 0.372 e. The Morgan fingerprint density at radius 2 is 2.04 bits per heavy atom. The quantitative estimate of drug-likeness (QED) is 0.656. The maximum atomic E-state index is 6.24. The van der Waals surface area contributed by atoms with Crippen molar-refractivity contribution >= 4 is 22.8 Å². The average molecular weight is 373 g/mol. The molecule has 2 fully saturated rings. The van der Waals surface area contributed by atoms with Crippen molar-refractivity contribution in [3.63, 3.8) is 0 Å². The lowest BCUT2D eigenvalue weighted by Crippen LogP contribution is -2.42. The highest BCUT2D eigenvalue weighted by Gasteiger charge is 2.46. The number of benzene rings is 1. The first kappa shape index (κ1) is 16.1. The molecule has 8 heteroatoms. The number of rotatable bonds is 4. The van der Waals surface area contributed by atoms with E-state index in [4.69, 9.17) is 25.8 Å². The molecule has 1 aromatic carbocycles. The Morgan fingerprint density at radius 1 is 1.15 bits per heavy atom. The van der Waals surface area contributed by atoms with E-state index in [2.05, 4.69) is 27.1 Å². The molecule has 4 unspecified atom stereocenters. The number of nitrogens with zero attached hydrogens (tertiary/aromatic N) is 4. The van der Waals surface area contributed by atoms with Gasteiger partial charge in [-0.05, 0) is 5.56 Å². The van der Waals surface area contributed by atoms with Crippen molar-refractivity contribution < 1.29 is 14.2 Å². The molecule has 0 saturated carbocycles. The van der Waals surface area contributed by atoms with E-state index in [0.717, 1.165) is 5.56 Å². The smallest absolute Gasteiger partial charge is 0.166 e. The van der Waals surface area contributed by atoms with Crippen LogP contribution < -0.4 is 0 Å². The second-order valence-electron chi connectivity index (χ2n) is 6.49. The highest BCUT2D eigenvalue weighted by atomic mass is 35.5. The molecule has 26 heavy (non-hydrogen) atoms. The van der Waals surface area contributed by atoms with E-state index in [1.807, 2.05) is 22.8 Å². The van der Waals surface area contributed by atoms with Crippen LogP contribution in [-0.4, -0.2) is 44.4 Å². The van der Waals surface area contributed by atoms with Gasteiger partial charge in [0.2, 0.25) is 0 Å². The zero-order valence-electron chi connectivity index (χ0n) is 13.9. The molecule has 7 nitrogen and oxygen atoms in total. The maximum Gasteiger partial charge on any atom is 0.166 e. The van der Waals surface area contributed by atoms with Crippen LogP contribution in [0.1, 0.15) is 18.2 Å². The molecular weight excluding hydrogens is 356 g/mol. The highest BCUT2D eigenvalue weighted by molar-refractivity contribution is 6.33. The molecule has 2 aliphatic heterocycles. The van der Waals surface area contributed by atoms with Crippen LogP contribution in [0.2, 0.25) is 5.15 Å². The minimum atomic E-state index is -0.208. The van der Waals surface area contributed by atoms with Gasteiger partial charge in [0.25, 0.3) is 0 Å². The molecule has 2 aliphatic rings. The lowest BCUT2D eigenvalue weighted by molar-refractivity contribution is -0.155. The minimum Gasteiger partial charge on any atom is -0.372 e. The fraction of sp³-hybridized carbons (Fsp3) is 0.389. The number of fused-ring (bicyclic) bond motifs is 3. The lowest BCUT2D eigenvalue weighted by atomic mass is 10.0. The van der Waals surface area contributed by atoms with Crippen molar-refractivity contribution in [1.82, 2.24) is 19.5 Å². The summed E-state index contributed by atoms with van der Waals surface area (Å²) in [5, 5.41) is 0.341. The Bertz CT molecular complexity index is 905. The van der Waals surface area contributed by atoms with Crippen LogP contribution in [0.25, 0.3) is 11.2 Å². The van der Waals surface area contributed by atoms with Gasteiger partial charge in [-0.25, -0.2) is 15.0 Å². The highest BCUT2D eigenvalue weighted by Crippen LogP contribution is 2.37. The molecule has 0 radical (unpaired) electrons. The summed E-state index contributed by atoms with van der Waals surface area (Å²) in [7, 11) is 0. The summed E-state index contributed by atoms with van der Waals surface area (Å²) in [6.07, 6.45) is 3.39. The number of hydrogen-bond donors (Lipinski definition) is 0. The van der Waals surface area contributed by atoms with Crippen molar-refractivity contribution in [2.24, 2.45) is 0 Å². The first-order valence-electron chi connectivity index (χ1n) is 8.55. The lowest BCUT2D eigenvalue weighted by Gasteiger charge is -2.34. The van der Waals surface area contributed by atoms with E-state index < -0.39 is 0 Å². The van der Waals surface area contributed by atoms with Crippen molar-refractivity contribution in [1.29, 1.82) is 0 Å². The molecular formula is C18H17ClN4O3. The first-order valence-corrected chi connectivity index (χ1v) is 8.93. The molecule has 0 N–H and O–H groups in total. The van der Waals surface area contributed by atoms with Gasteiger partial charge in [0.05, 0.1) is 25.6 Å². The van der Waals surface area contributed by atoms with Crippen molar-refractivity contribution in [3.8, 4) is 0 Å². The van der Waals surface area contributed by atoms with Gasteiger partial charge in [-0.2, -0.15) is 0 Å². The third kappa shape index (κ3) is 2.77. The van der Waals surface area contributed by atoms with Crippen LogP contribution in [0.4, 0.5) is 0 Å². The second kappa shape index (κ2) is 6.59.